The van der Waals surface area contributed by atoms with E-state index in [0.29, 0.717) is 11.3 Å². The third-order valence-corrected chi connectivity index (χ3v) is 6.68. The van der Waals surface area contributed by atoms with Crippen LogP contribution in [0.25, 0.3) is 0 Å². The van der Waals surface area contributed by atoms with Gasteiger partial charge in [0, 0.05) is 34.3 Å². The number of aromatic hydroxyl groups is 1. The minimum atomic E-state index is -0.411. The Morgan fingerprint density at radius 1 is 1.26 bits per heavy atom. The number of rotatable bonds is 7. The van der Waals surface area contributed by atoms with Crippen LogP contribution in [0.3, 0.4) is 0 Å². The van der Waals surface area contributed by atoms with Crippen LogP contribution in [0.5, 0.6) is 5.75 Å². The average Bonchev–Trinajstić information content (AvgIpc) is 3.09. The molecule has 3 unspecified atom stereocenters. The second kappa shape index (κ2) is 9.07. The maximum Gasteiger partial charge on any atom is 0.343 e. The van der Waals surface area contributed by atoms with Gasteiger partial charge in [-0.2, -0.15) is 0 Å². The summed E-state index contributed by atoms with van der Waals surface area (Å²) < 4.78 is 11.6. The molecule has 2 aromatic rings. The van der Waals surface area contributed by atoms with Crippen molar-refractivity contribution < 1.29 is 14.3 Å². The zero-order valence-corrected chi connectivity index (χ0v) is 17.3. The van der Waals surface area contributed by atoms with E-state index < -0.39 is 5.63 Å². The molecule has 0 amide bonds. The molecule has 0 aromatic carbocycles. The van der Waals surface area contributed by atoms with E-state index in [-0.39, 0.29) is 23.7 Å². The minimum absolute atomic E-state index is 0.0576. The van der Waals surface area contributed by atoms with Crippen molar-refractivity contribution >= 4 is 11.3 Å². The molecule has 1 N–H and O–H groups in total. The summed E-state index contributed by atoms with van der Waals surface area (Å²) in [5.41, 5.74) is -0.0298. The van der Waals surface area contributed by atoms with Crippen LogP contribution in [0.2, 0.25) is 0 Å². The summed E-state index contributed by atoms with van der Waals surface area (Å²) in [7, 11) is 0. The van der Waals surface area contributed by atoms with Gasteiger partial charge in [-0.25, -0.2) is 4.79 Å². The lowest BCUT2D eigenvalue weighted by Gasteiger charge is -2.26. The molecule has 5 heteroatoms. The van der Waals surface area contributed by atoms with Crippen LogP contribution in [-0.4, -0.2) is 17.8 Å². The molecule has 27 heavy (non-hydrogen) atoms. The summed E-state index contributed by atoms with van der Waals surface area (Å²) in [4.78, 5) is 15.1. The van der Waals surface area contributed by atoms with Crippen molar-refractivity contribution in [3.63, 3.8) is 0 Å². The highest BCUT2D eigenvalue weighted by molar-refractivity contribution is 7.12. The summed E-state index contributed by atoms with van der Waals surface area (Å²) >= 11 is 1.66. The number of ether oxygens (including phenoxy) is 1. The molecule has 148 valence electrons. The smallest absolute Gasteiger partial charge is 0.343 e. The Morgan fingerprint density at radius 3 is 2.63 bits per heavy atom. The van der Waals surface area contributed by atoms with Crippen molar-refractivity contribution in [1.29, 1.82) is 0 Å². The highest BCUT2D eigenvalue weighted by Crippen LogP contribution is 2.37. The lowest BCUT2D eigenvalue weighted by atomic mass is 9.91. The van der Waals surface area contributed by atoms with E-state index in [2.05, 4.69) is 6.92 Å². The minimum Gasteiger partial charge on any atom is -0.507 e. The fourth-order valence-corrected chi connectivity index (χ4v) is 5.08. The largest absolute Gasteiger partial charge is 0.507 e. The first-order valence-corrected chi connectivity index (χ1v) is 10.9. The molecule has 0 bridgehead atoms. The highest BCUT2D eigenvalue weighted by Gasteiger charge is 2.26. The van der Waals surface area contributed by atoms with Gasteiger partial charge in [0.05, 0.1) is 11.7 Å². The molecule has 0 spiro atoms. The topological polar surface area (TPSA) is 59.7 Å². The van der Waals surface area contributed by atoms with Gasteiger partial charge in [0.15, 0.2) is 0 Å². The Labute approximate surface area is 165 Å². The van der Waals surface area contributed by atoms with Crippen LogP contribution in [-0.2, 0) is 4.74 Å². The van der Waals surface area contributed by atoms with Crippen molar-refractivity contribution in [3.05, 3.63) is 49.7 Å². The van der Waals surface area contributed by atoms with E-state index in [1.54, 1.807) is 17.4 Å². The molecule has 2 aromatic heterocycles. The van der Waals surface area contributed by atoms with Crippen LogP contribution >= 0.6 is 11.3 Å². The van der Waals surface area contributed by atoms with Gasteiger partial charge in [0.1, 0.15) is 11.5 Å². The Balaban J connectivity index is 1.87. The molecular weight excluding hydrogens is 360 g/mol. The third-order valence-electron chi connectivity index (χ3n) is 5.56. The molecule has 0 aliphatic carbocycles. The van der Waals surface area contributed by atoms with Crippen LogP contribution in [0, 0.1) is 6.92 Å². The zero-order valence-electron chi connectivity index (χ0n) is 16.5. The molecule has 0 radical (unpaired) electrons. The Morgan fingerprint density at radius 2 is 2.07 bits per heavy atom. The molecule has 1 aliphatic rings. The summed E-state index contributed by atoms with van der Waals surface area (Å²) in [5.74, 6) is 0.595. The molecule has 4 nitrogen and oxygen atoms in total. The Hall–Kier alpha value is -1.59. The van der Waals surface area contributed by atoms with Gasteiger partial charge in [-0.3, -0.25) is 0 Å². The van der Waals surface area contributed by atoms with Gasteiger partial charge in [-0.15, -0.1) is 11.3 Å². The first kappa shape index (κ1) is 20.2. The van der Waals surface area contributed by atoms with Crippen molar-refractivity contribution in [3.8, 4) is 5.75 Å². The standard InChI is InChI=1S/C22H30O4S/c1-4-15(12-16-8-6-7-11-25-16)19-13-18(23)21(22(24)26-19)17(5-2)20-10-9-14(3)27-20/h9-10,13,15-17,23H,4-8,11-12H2,1-3H3. The maximum absolute atomic E-state index is 12.8. The second-order valence-corrected chi connectivity index (χ2v) is 8.79. The summed E-state index contributed by atoms with van der Waals surface area (Å²) in [6, 6.07) is 5.75. The first-order valence-electron chi connectivity index (χ1n) is 10.1. The SMILES string of the molecule is CCC(CC1CCCCO1)c1cc(O)c(C(CC)c2ccc(C)s2)c(=O)o1. The quantitative estimate of drug-likeness (QED) is 0.658. The second-order valence-electron chi connectivity index (χ2n) is 7.47. The molecular formula is C22H30O4S. The van der Waals surface area contributed by atoms with Crippen molar-refractivity contribution in [2.24, 2.45) is 0 Å². The van der Waals surface area contributed by atoms with E-state index in [9.17, 15) is 9.90 Å². The van der Waals surface area contributed by atoms with Crippen molar-refractivity contribution in [2.75, 3.05) is 6.61 Å². The van der Waals surface area contributed by atoms with Crippen molar-refractivity contribution in [2.45, 2.75) is 77.2 Å². The summed E-state index contributed by atoms with van der Waals surface area (Å²) in [6.45, 7) is 6.97. The average molecular weight is 391 g/mol. The van der Waals surface area contributed by atoms with Gasteiger partial charge in [0.25, 0.3) is 0 Å². The van der Waals surface area contributed by atoms with Crippen LogP contribution in [0.4, 0.5) is 0 Å². The summed E-state index contributed by atoms with van der Waals surface area (Å²) in [5, 5.41) is 10.7. The van der Waals surface area contributed by atoms with Crippen LogP contribution < -0.4 is 5.63 Å². The van der Waals surface area contributed by atoms with E-state index in [0.717, 1.165) is 43.6 Å². The monoisotopic (exact) mass is 390 g/mol. The fraction of sp³-hybridized carbons (Fsp3) is 0.591. The number of hydrogen-bond acceptors (Lipinski definition) is 5. The molecule has 1 aliphatic heterocycles. The molecule has 3 rings (SSSR count). The Bertz CT molecular complexity index is 801. The van der Waals surface area contributed by atoms with Crippen LogP contribution in [0.1, 0.15) is 85.3 Å². The van der Waals surface area contributed by atoms with Gasteiger partial charge >= 0.3 is 5.63 Å². The van der Waals surface area contributed by atoms with E-state index in [1.165, 1.54) is 11.3 Å². The Kier molecular flexibility index (Phi) is 6.77. The predicted molar refractivity (Wildman–Crippen MR) is 109 cm³/mol. The van der Waals surface area contributed by atoms with Crippen LogP contribution in [0.15, 0.2) is 27.4 Å². The maximum atomic E-state index is 12.8. The third kappa shape index (κ3) is 4.64. The highest BCUT2D eigenvalue weighted by atomic mass is 32.1. The molecule has 0 saturated carbocycles. The van der Waals surface area contributed by atoms with Gasteiger partial charge in [-0.05, 0) is 57.6 Å². The number of hydrogen-bond donors (Lipinski definition) is 1. The predicted octanol–water partition coefficient (Wildman–Crippen LogP) is 5.71. The lowest BCUT2D eigenvalue weighted by Crippen LogP contribution is -2.22. The lowest BCUT2D eigenvalue weighted by molar-refractivity contribution is 0.00542. The normalized spacial score (nSPS) is 19.7. The molecule has 3 heterocycles. The number of aryl methyl sites for hydroxylation is 1. The number of thiophene rings is 1. The van der Waals surface area contributed by atoms with Gasteiger partial charge in [0.2, 0.25) is 0 Å². The van der Waals surface area contributed by atoms with E-state index in [1.807, 2.05) is 26.0 Å². The van der Waals surface area contributed by atoms with E-state index >= 15 is 0 Å². The van der Waals surface area contributed by atoms with Gasteiger partial charge < -0.3 is 14.3 Å². The van der Waals surface area contributed by atoms with E-state index in [4.69, 9.17) is 9.15 Å². The summed E-state index contributed by atoms with van der Waals surface area (Å²) in [6.07, 6.45) is 6.01. The van der Waals surface area contributed by atoms with Gasteiger partial charge in [-0.1, -0.05) is 13.8 Å². The molecule has 1 saturated heterocycles. The van der Waals surface area contributed by atoms with Crippen molar-refractivity contribution in [1.82, 2.24) is 0 Å². The first-order chi connectivity index (χ1) is 13.0. The fourth-order valence-electron chi connectivity index (χ4n) is 4.01. The zero-order chi connectivity index (χ0) is 19.4. The molecule has 1 fully saturated rings. The molecule has 3 atom stereocenters.